The molecule has 5 nitrogen and oxygen atoms in total. The van der Waals surface area contributed by atoms with Crippen LogP contribution in [0.4, 0.5) is 0 Å². The molecular weight excluding hydrogens is 289 g/mol. The Balaban J connectivity index is 3.63. The molecule has 0 unspecified atom stereocenters. The van der Waals surface area contributed by atoms with Crippen molar-refractivity contribution in [2.75, 3.05) is 0 Å². The van der Waals surface area contributed by atoms with Crippen molar-refractivity contribution >= 4 is 28.6 Å². The molecule has 1 aromatic rings. The molecule has 0 atom stereocenters. The first-order chi connectivity index (χ1) is 5.95. The highest BCUT2D eigenvalue weighted by molar-refractivity contribution is 14.1. The highest BCUT2D eigenvalue weighted by Gasteiger charge is 2.17. The number of aromatic amines is 1. The van der Waals surface area contributed by atoms with Gasteiger partial charge in [0.25, 0.3) is 5.56 Å². The monoisotopic (exact) mass is 295 g/mol. The van der Waals surface area contributed by atoms with E-state index in [2.05, 4.69) is 0 Å². The Hall–Kier alpha value is -1.05. The van der Waals surface area contributed by atoms with Gasteiger partial charge in [-0.05, 0) is 35.1 Å². The molecule has 1 rings (SSSR count). The van der Waals surface area contributed by atoms with Crippen molar-refractivity contribution in [2.24, 2.45) is 0 Å². The third-order valence-electron chi connectivity index (χ3n) is 1.59. The quantitative estimate of drug-likeness (QED) is 0.665. The van der Waals surface area contributed by atoms with Gasteiger partial charge in [0.05, 0.1) is 3.57 Å². The van der Waals surface area contributed by atoms with Crippen LogP contribution in [0.1, 0.15) is 15.9 Å². The summed E-state index contributed by atoms with van der Waals surface area (Å²) in [7, 11) is 0. The first-order valence-corrected chi connectivity index (χ1v) is 4.37. The number of aromatic hydroxyl groups is 1. The van der Waals surface area contributed by atoms with Crippen molar-refractivity contribution in [2.45, 2.75) is 6.92 Å². The molecule has 70 valence electrons. The molecule has 0 radical (unpaired) electrons. The predicted octanol–water partition coefficient (Wildman–Crippen LogP) is 0.692. The molecular formula is C7H6INO4. The Bertz CT molecular complexity index is 423. The molecule has 0 bridgehead atoms. The van der Waals surface area contributed by atoms with Crippen LogP contribution >= 0.6 is 22.6 Å². The molecule has 6 heteroatoms. The molecule has 0 spiro atoms. The second kappa shape index (κ2) is 3.36. The number of nitrogens with one attached hydrogen (secondary N) is 1. The smallest absolute Gasteiger partial charge is 0.341 e. The van der Waals surface area contributed by atoms with Crippen LogP contribution in [0.15, 0.2) is 4.79 Å². The minimum atomic E-state index is -1.26. The number of hydrogen-bond donors (Lipinski definition) is 3. The Morgan fingerprint density at radius 3 is 2.54 bits per heavy atom. The molecule has 13 heavy (non-hydrogen) atoms. The number of halogens is 1. The van der Waals surface area contributed by atoms with Gasteiger partial charge in [-0.2, -0.15) is 0 Å². The fourth-order valence-electron chi connectivity index (χ4n) is 0.944. The van der Waals surface area contributed by atoms with Crippen LogP contribution in [0.2, 0.25) is 0 Å². The summed E-state index contributed by atoms with van der Waals surface area (Å²) in [5, 5.41) is 17.8. The summed E-state index contributed by atoms with van der Waals surface area (Å²) in [5.74, 6) is -1.86. The van der Waals surface area contributed by atoms with Crippen molar-refractivity contribution in [3.63, 3.8) is 0 Å². The van der Waals surface area contributed by atoms with Crippen LogP contribution in [0.3, 0.4) is 0 Å². The summed E-state index contributed by atoms with van der Waals surface area (Å²) in [6.45, 7) is 1.47. The fraction of sp³-hybridized carbons (Fsp3) is 0.143. The van der Waals surface area contributed by atoms with Crippen LogP contribution in [0.5, 0.6) is 5.88 Å². The normalized spacial score (nSPS) is 10.0. The van der Waals surface area contributed by atoms with E-state index < -0.39 is 17.4 Å². The Morgan fingerprint density at radius 2 is 2.08 bits per heavy atom. The molecule has 0 aromatic carbocycles. The number of aromatic carboxylic acids is 1. The van der Waals surface area contributed by atoms with Gasteiger partial charge in [0.2, 0.25) is 5.88 Å². The molecule has 0 aliphatic rings. The Kier molecular flexibility index (Phi) is 2.60. The number of carboxylic acids is 1. The molecule has 0 fully saturated rings. The van der Waals surface area contributed by atoms with Gasteiger partial charge in [-0.15, -0.1) is 0 Å². The Labute approximate surface area is 86.6 Å². The van der Waals surface area contributed by atoms with Gasteiger partial charge >= 0.3 is 5.97 Å². The van der Waals surface area contributed by atoms with Gasteiger partial charge < -0.3 is 10.2 Å². The summed E-state index contributed by atoms with van der Waals surface area (Å²) in [5.41, 5.74) is -0.473. The number of carbonyl (C=O) groups is 1. The lowest BCUT2D eigenvalue weighted by molar-refractivity contribution is 0.0692. The van der Waals surface area contributed by atoms with Crippen molar-refractivity contribution in [3.8, 4) is 5.88 Å². The molecule has 3 N–H and O–H groups in total. The summed E-state index contributed by atoms with van der Waals surface area (Å²) in [6, 6.07) is 0. The van der Waals surface area contributed by atoms with E-state index in [0.717, 1.165) is 0 Å². The van der Waals surface area contributed by atoms with E-state index in [-0.39, 0.29) is 14.7 Å². The van der Waals surface area contributed by atoms with E-state index in [9.17, 15) is 9.59 Å². The van der Waals surface area contributed by atoms with E-state index >= 15 is 0 Å². The van der Waals surface area contributed by atoms with Gasteiger partial charge in [-0.1, -0.05) is 0 Å². The molecule has 0 aliphatic carbocycles. The third kappa shape index (κ3) is 1.67. The topological polar surface area (TPSA) is 90.4 Å². The molecule has 0 amide bonds. The average Bonchev–Trinajstić information content (AvgIpc) is 1.99. The fourth-order valence-corrected chi connectivity index (χ4v) is 1.35. The lowest BCUT2D eigenvalue weighted by Gasteiger charge is -2.04. The van der Waals surface area contributed by atoms with Crippen molar-refractivity contribution < 1.29 is 15.0 Å². The number of rotatable bonds is 1. The van der Waals surface area contributed by atoms with Crippen LogP contribution in [-0.4, -0.2) is 21.2 Å². The van der Waals surface area contributed by atoms with Crippen LogP contribution in [0, 0.1) is 10.5 Å². The van der Waals surface area contributed by atoms with Crippen molar-refractivity contribution in [1.29, 1.82) is 0 Å². The van der Waals surface area contributed by atoms with Gasteiger partial charge in [-0.25, -0.2) is 4.79 Å². The zero-order chi connectivity index (χ0) is 10.2. The highest BCUT2D eigenvalue weighted by Crippen LogP contribution is 2.19. The molecule has 1 heterocycles. The maximum atomic E-state index is 11.0. The third-order valence-corrected chi connectivity index (χ3v) is 2.89. The van der Waals surface area contributed by atoms with Crippen molar-refractivity contribution in [3.05, 3.63) is 25.1 Å². The van der Waals surface area contributed by atoms with E-state index in [1.165, 1.54) is 6.92 Å². The molecule has 1 aromatic heterocycles. The number of H-pyrrole nitrogens is 1. The number of pyridine rings is 1. The van der Waals surface area contributed by atoms with Gasteiger partial charge in [-0.3, -0.25) is 9.78 Å². The Morgan fingerprint density at radius 1 is 1.54 bits per heavy atom. The zero-order valence-corrected chi connectivity index (χ0v) is 8.75. The van der Waals surface area contributed by atoms with Crippen LogP contribution in [0.25, 0.3) is 0 Å². The average molecular weight is 295 g/mol. The highest BCUT2D eigenvalue weighted by atomic mass is 127. The maximum Gasteiger partial charge on any atom is 0.341 e. The van der Waals surface area contributed by atoms with Gasteiger partial charge in [0.15, 0.2) is 0 Å². The number of carboxylic acid groups (broad SMARTS) is 1. The summed E-state index contributed by atoms with van der Waals surface area (Å²) in [6.07, 6.45) is 0. The standard InChI is InChI=1S/C7H6INO4/c1-2-3(7(12)13)5(10)9-6(11)4(2)8/h1H3,(H,12,13)(H2,9,10,11). The van der Waals surface area contributed by atoms with Gasteiger partial charge in [0, 0.05) is 0 Å². The molecule has 0 saturated heterocycles. The first-order valence-electron chi connectivity index (χ1n) is 3.29. The second-order valence-electron chi connectivity index (χ2n) is 2.42. The number of hydrogen-bond acceptors (Lipinski definition) is 3. The number of aromatic nitrogens is 1. The lowest BCUT2D eigenvalue weighted by Crippen LogP contribution is -2.15. The lowest BCUT2D eigenvalue weighted by atomic mass is 10.1. The SMILES string of the molecule is Cc1c(C(=O)O)c(O)[nH]c(=O)c1I. The second-order valence-corrected chi connectivity index (χ2v) is 3.50. The van der Waals surface area contributed by atoms with Crippen LogP contribution in [-0.2, 0) is 0 Å². The van der Waals surface area contributed by atoms with Crippen molar-refractivity contribution in [1.82, 2.24) is 4.98 Å². The first kappa shape index (κ1) is 10.0. The summed E-state index contributed by atoms with van der Waals surface area (Å²) in [4.78, 5) is 23.7. The molecule has 0 saturated carbocycles. The predicted molar refractivity (Wildman–Crippen MR) is 53.1 cm³/mol. The maximum absolute atomic E-state index is 11.0. The van der Waals surface area contributed by atoms with E-state index in [1.54, 1.807) is 22.6 Å². The minimum absolute atomic E-state index is 0.260. The largest absolute Gasteiger partial charge is 0.494 e. The zero-order valence-electron chi connectivity index (χ0n) is 6.59. The van der Waals surface area contributed by atoms with Gasteiger partial charge in [0.1, 0.15) is 5.56 Å². The van der Waals surface area contributed by atoms with Crippen LogP contribution < -0.4 is 5.56 Å². The minimum Gasteiger partial charge on any atom is -0.494 e. The van der Waals surface area contributed by atoms with E-state index in [1.807, 2.05) is 4.98 Å². The van der Waals surface area contributed by atoms with E-state index in [0.29, 0.717) is 0 Å². The van der Waals surface area contributed by atoms with E-state index in [4.69, 9.17) is 10.2 Å². The summed E-state index contributed by atoms with van der Waals surface area (Å²) < 4.78 is 0.271. The summed E-state index contributed by atoms with van der Waals surface area (Å²) >= 11 is 1.73. The molecule has 0 aliphatic heterocycles.